The molecule has 5 nitrogen and oxygen atoms in total. The van der Waals surface area contributed by atoms with Crippen LogP contribution in [-0.2, 0) is 4.74 Å². The van der Waals surface area contributed by atoms with Gasteiger partial charge in [0.2, 0.25) is 0 Å². The van der Waals surface area contributed by atoms with E-state index in [1.807, 2.05) is 6.92 Å². The Hall–Kier alpha value is -0.810. The number of nitrogens with one attached hydrogen (secondary N) is 2. The molecule has 0 bridgehead atoms. The second kappa shape index (κ2) is 6.95. The lowest BCUT2D eigenvalue weighted by Crippen LogP contribution is -2.51. The molecule has 0 heterocycles. The van der Waals surface area contributed by atoms with Crippen LogP contribution in [0.1, 0.15) is 40.0 Å². The van der Waals surface area contributed by atoms with Crippen molar-refractivity contribution in [3.05, 3.63) is 0 Å². The molecule has 5 heteroatoms. The van der Waals surface area contributed by atoms with Crippen molar-refractivity contribution in [3.8, 4) is 0 Å². The normalized spacial score (nSPS) is 19.2. The molecule has 106 valence electrons. The molecule has 3 N–H and O–H groups in total. The molecule has 1 atom stereocenters. The van der Waals surface area contributed by atoms with Crippen molar-refractivity contribution >= 4 is 6.03 Å². The molecule has 1 saturated carbocycles. The molecule has 1 rings (SSSR count). The molecule has 18 heavy (non-hydrogen) atoms. The van der Waals surface area contributed by atoms with Gasteiger partial charge >= 0.3 is 6.03 Å². The molecular weight excluding hydrogens is 232 g/mol. The van der Waals surface area contributed by atoms with Gasteiger partial charge in [-0.2, -0.15) is 0 Å². The number of hydrogen-bond acceptors (Lipinski definition) is 3. The second-order valence-electron chi connectivity index (χ2n) is 5.74. The highest BCUT2D eigenvalue weighted by Crippen LogP contribution is 2.30. The molecule has 0 aromatic carbocycles. The van der Waals surface area contributed by atoms with Gasteiger partial charge in [0.15, 0.2) is 0 Å². The molecule has 1 fully saturated rings. The first-order valence-corrected chi connectivity index (χ1v) is 6.76. The van der Waals surface area contributed by atoms with Gasteiger partial charge in [0.1, 0.15) is 0 Å². The quantitative estimate of drug-likeness (QED) is 0.644. The van der Waals surface area contributed by atoms with Crippen molar-refractivity contribution in [1.29, 1.82) is 0 Å². The van der Waals surface area contributed by atoms with E-state index in [1.54, 1.807) is 0 Å². The molecule has 0 aliphatic heterocycles. The first-order chi connectivity index (χ1) is 8.41. The summed E-state index contributed by atoms with van der Waals surface area (Å²) >= 11 is 0. The summed E-state index contributed by atoms with van der Waals surface area (Å²) in [5.41, 5.74) is -0.672. The van der Waals surface area contributed by atoms with Gasteiger partial charge < -0.3 is 20.5 Å². The van der Waals surface area contributed by atoms with E-state index < -0.39 is 5.60 Å². The third kappa shape index (κ3) is 5.69. The zero-order valence-corrected chi connectivity index (χ0v) is 11.7. The highest BCUT2D eigenvalue weighted by molar-refractivity contribution is 5.74. The van der Waals surface area contributed by atoms with Crippen LogP contribution in [0.3, 0.4) is 0 Å². The SMILES string of the molecule is CC(C)COCC(C)NC(=O)NCC1(O)CCC1. The van der Waals surface area contributed by atoms with E-state index in [0.29, 0.717) is 25.7 Å². The van der Waals surface area contributed by atoms with Crippen molar-refractivity contribution in [2.24, 2.45) is 5.92 Å². The van der Waals surface area contributed by atoms with Gasteiger partial charge in [-0.3, -0.25) is 0 Å². The lowest BCUT2D eigenvalue weighted by molar-refractivity contribution is -0.0291. The van der Waals surface area contributed by atoms with Crippen LogP contribution in [0.2, 0.25) is 0 Å². The fourth-order valence-electron chi connectivity index (χ4n) is 1.80. The number of rotatable bonds is 7. The summed E-state index contributed by atoms with van der Waals surface area (Å²) in [6.07, 6.45) is 2.60. The Labute approximate surface area is 109 Å². The number of ether oxygens (including phenoxy) is 1. The molecule has 0 saturated heterocycles. The van der Waals surface area contributed by atoms with Gasteiger partial charge in [-0.1, -0.05) is 13.8 Å². The summed E-state index contributed by atoms with van der Waals surface area (Å²) in [7, 11) is 0. The van der Waals surface area contributed by atoms with Gasteiger partial charge in [-0.15, -0.1) is 0 Å². The topological polar surface area (TPSA) is 70.6 Å². The first kappa shape index (κ1) is 15.2. The van der Waals surface area contributed by atoms with Crippen LogP contribution in [-0.4, -0.2) is 42.5 Å². The number of urea groups is 1. The summed E-state index contributed by atoms with van der Waals surface area (Å²) in [6, 6.07) is -0.268. The molecule has 2 amide bonds. The van der Waals surface area contributed by atoms with Crippen LogP contribution in [0, 0.1) is 5.92 Å². The van der Waals surface area contributed by atoms with Crippen LogP contribution in [0.15, 0.2) is 0 Å². The monoisotopic (exact) mass is 258 g/mol. The van der Waals surface area contributed by atoms with Gasteiger partial charge in [0, 0.05) is 13.2 Å². The second-order valence-corrected chi connectivity index (χ2v) is 5.74. The predicted octanol–water partition coefficient (Wildman–Crippen LogP) is 1.26. The highest BCUT2D eigenvalue weighted by atomic mass is 16.5. The zero-order chi connectivity index (χ0) is 13.6. The van der Waals surface area contributed by atoms with Crippen LogP contribution in [0.4, 0.5) is 4.79 Å². The van der Waals surface area contributed by atoms with Crippen molar-refractivity contribution < 1.29 is 14.6 Å². The molecule has 1 aliphatic rings. The molecule has 1 unspecified atom stereocenters. The predicted molar refractivity (Wildman–Crippen MR) is 70.5 cm³/mol. The zero-order valence-electron chi connectivity index (χ0n) is 11.7. The number of carbonyl (C=O) groups is 1. The third-order valence-electron chi connectivity index (χ3n) is 3.06. The lowest BCUT2D eigenvalue weighted by Gasteiger charge is -2.36. The molecular formula is C13H26N2O3. The van der Waals surface area contributed by atoms with Crippen LogP contribution >= 0.6 is 0 Å². The largest absolute Gasteiger partial charge is 0.388 e. The van der Waals surface area contributed by atoms with Gasteiger partial charge in [-0.05, 0) is 32.1 Å². The van der Waals surface area contributed by atoms with Crippen molar-refractivity contribution in [3.63, 3.8) is 0 Å². The maximum Gasteiger partial charge on any atom is 0.315 e. The van der Waals surface area contributed by atoms with Crippen molar-refractivity contribution in [2.45, 2.75) is 51.7 Å². The van der Waals surface area contributed by atoms with E-state index >= 15 is 0 Å². The van der Waals surface area contributed by atoms with Crippen molar-refractivity contribution in [1.82, 2.24) is 10.6 Å². The highest BCUT2D eigenvalue weighted by Gasteiger charge is 2.34. The van der Waals surface area contributed by atoms with Gasteiger partial charge in [-0.25, -0.2) is 4.79 Å². The smallest absolute Gasteiger partial charge is 0.315 e. The Morgan fingerprint density at radius 3 is 2.50 bits per heavy atom. The van der Waals surface area contributed by atoms with Gasteiger partial charge in [0.25, 0.3) is 0 Å². The van der Waals surface area contributed by atoms with E-state index in [0.717, 1.165) is 19.3 Å². The minimum Gasteiger partial charge on any atom is -0.388 e. The molecule has 1 aliphatic carbocycles. The molecule has 0 aromatic heterocycles. The first-order valence-electron chi connectivity index (χ1n) is 6.76. The minimum absolute atomic E-state index is 0.0280. The Morgan fingerprint density at radius 1 is 1.33 bits per heavy atom. The summed E-state index contributed by atoms with van der Waals surface area (Å²) in [4.78, 5) is 11.5. The van der Waals surface area contributed by atoms with E-state index in [1.165, 1.54) is 0 Å². The Morgan fingerprint density at radius 2 is 2.00 bits per heavy atom. The summed E-state index contributed by atoms with van der Waals surface area (Å²) in [6.45, 7) is 7.62. The Balaban J connectivity index is 2.07. The Bertz CT molecular complexity index is 265. The fourth-order valence-corrected chi connectivity index (χ4v) is 1.80. The third-order valence-corrected chi connectivity index (χ3v) is 3.06. The maximum absolute atomic E-state index is 11.5. The standard InChI is InChI=1S/C13H26N2O3/c1-10(2)7-18-8-11(3)15-12(16)14-9-13(17)5-4-6-13/h10-11,17H,4-9H2,1-3H3,(H2,14,15,16). The number of amides is 2. The van der Waals surface area contributed by atoms with Crippen molar-refractivity contribution in [2.75, 3.05) is 19.8 Å². The molecule has 0 radical (unpaired) electrons. The average molecular weight is 258 g/mol. The number of carbonyl (C=O) groups excluding carboxylic acids is 1. The Kier molecular flexibility index (Phi) is 5.88. The lowest BCUT2D eigenvalue weighted by atomic mass is 9.80. The number of aliphatic hydroxyl groups is 1. The summed E-state index contributed by atoms with van der Waals surface area (Å²) in [5.74, 6) is 0.499. The number of hydrogen-bond donors (Lipinski definition) is 3. The van der Waals surface area contributed by atoms with E-state index in [-0.39, 0.29) is 12.1 Å². The van der Waals surface area contributed by atoms with E-state index in [4.69, 9.17) is 4.74 Å². The minimum atomic E-state index is -0.672. The summed E-state index contributed by atoms with van der Waals surface area (Å²) < 4.78 is 5.44. The van der Waals surface area contributed by atoms with Crippen LogP contribution in [0.25, 0.3) is 0 Å². The van der Waals surface area contributed by atoms with E-state index in [2.05, 4.69) is 24.5 Å². The molecule has 0 aromatic rings. The fraction of sp³-hybridized carbons (Fsp3) is 0.923. The van der Waals surface area contributed by atoms with Crippen LogP contribution < -0.4 is 10.6 Å². The average Bonchev–Trinajstić information content (AvgIpc) is 2.23. The van der Waals surface area contributed by atoms with Gasteiger partial charge in [0.05, 0.1) is 18.2 Å². The summed E-state index contributed by atoms with van der Waals surface area (Å²) in [5, 5.41) is 15.3. The maximum atomic E-state index is 11.5. The van der Waals surface area contributed by atoms with E-state index in [9.17, 15) is 9.90 Å². The van der Waals surface area contributed by atoms with Crippen LogP contribution in [0.5, 0.6) is 0 Å². The molecule has 0 spiro atoms.